The summed E-state index contributed by atoms with van der Waals surface area (Å²) in [6.45, 7) is 4.14. The van der Waals surface area contributed by atoms with Gasteiger partial charge >= 0.3 is 100 Å². The number of rotatable bonds is 2. The summed E-state index contributed by atoms with van der Waals surface area (Å²) < 4.78 is 1.92. The van der Waals surface area contributed by atoms with Gasteiger partial charge in [-0.15, -0.1) is 0 Å². The predicted octanol–water partition coefficient (Wildman–Crippen LogP) is 4.38. The predicted molar refractivity (Wildman–Crippen MR) is 63.1 cm³/mol. The standard InChI is InChI=1S/C10H12.3ClH.Ta/c1-10(2,3)9-7-5-4-6-8-9;;;;/h1,4-8H,2-3H3;3*1H;/q;;;;+3/p-3. The first-order chi connectivity index (χ1) is 6.31. The Morgan fingerprint density at radius 1 is 1.07 bits per heavy atom. The fourth-order valence-corrected chi connectivity index (χ4v) is 10.5. The Kier molecular flexibility index (Phi) is 4.28. The molecule has 78 valence electrons. The summed E-state index contributed by atoms with van der Waals surface area (Å²) in [6.07, 6.45) is 0. The van der Waals surface area contributed by atoms with Gasteiger partial charge in [-0.1, -0.05) is 0 Å². The topological polar surface area (TPSA) is 0 Å². The molecule has 0 atom stereocenters. The van der Waals surface area contributed by atoms with Gasteiger partial charge in [-0.2, -0.15) is 0 Å². The molecule has 0 aliphatic heterocycles. The number of halogens is 3. The summed E-state index contributed by atoms with van der Waals surface area (Å²) in [7, 11) is 17.9. The van der Waals surface area contributed by atoms with Crippen LogP contribution in [-0.2, 0) is 18.8 Å². The van der Waals surface area contributed by atoms with Crippen molar-refractivity contribution in [1.29, 1.82) is 0 Å². The molecule has 0 radical (unpaired) electrons. The second kappa shape index (κ2) is 4.69. The van der Waals surface area contributed by atoms with Gasteiger partial charge in [0, 0.05) is 0 Å². The van der Waals surface area contributed by atoms with Crippen molar-refractivity contribution in [3.05, 3.63) is 35.9 Å². The van der Waals surface area contributed by atoms with E-state index in [4.69, 9.17) is 27.6 Å². The van der Waals surface area contributed by atoms with Crippen LogP contribution in [0.5, 0.6) is 0 Å². The fourth-order valence-electron chi connectivity index (χ4n) is 1.31. The van der Waals surface area contributed by atoms with Gasteiger partial charge in [-0.05, 0) is 0 Å². The van der Waals surface area contributed by atoms with E-state index in [1.165, 1.54) is 5.56 Å². The molecule has 0 aromatic heterocycles. The molecule has 0 unspecified atom stereocenters. The molecule has 0 nitrogen and oxygen atoms in total. The molecular weight excluding hydrogens is 407 g/mol. The first-order valence-corrected chi connectivity index (χ1v) is 18.0. The van der Waals surface area contributed by atoms with Crippen LogP contribution in [0.25, 0.3) is 0 Å². The zero-order valence-electron chi connectivity index (χ0n) is 8.05. The van der Waals surface area contributed by atoms with Gasteiger partial charge in [-0.25, -0.2) is 0 Å². The van der Waals surface area contributed by atoms with E-state index in [1.54, 1.807) is 0 Å². The summed E-state index contributed by atoms with van der Waals surface area (Å²) in [6, 6.07) is 10.1. The Hall–Kier alpha value is 0.700. The Bertz CT molecular complexity index is 343. The third-order valence-electron chi connectivity index (χ3n) is 1.99. The van der Waals surface area contributed by atoms with Crippen molar-refractivity contribution in [2.45, 2.75) is 19.3 Å². The van der Waals surface area contributed by atoms with Gasteiger partial charge in [0.05, 0.1) is 0 Å². The van der Waals surface area contributed by atoms with E-state index in [0.717, 1.165) is 0 Å². The Morgan fingerprint density at radius 3 is 2.00 bits per heavy atom. The molecule has 0 amide bonds. The SMILES string of the molecule is CC(C)([CH]=[Ta]([Cl])([Cl])[Cl])c1ccccc1. The molecule has 0 saturated carbocycles. The van der Waals surface area contributed by atoms with Crippen LogP contribution in [0, 0.1) is 0 Å². The quantitative estimate of drug-likeness (QED) is 0.667. The normalized spacial score (nSPS) is 12.6. The monoisotopic (exact) mass is 418 g/mol. The molecule has 0 saturated heterocycles. The summed E-state index contributed by atoms with van der Waals surface area (Å²) in [5, 5.41) is 0. The minimum absolute atomic E-state index is 0.148. The van der Waals surface area contributed by atoms with Crippen molar-refractivity contribution in [3.8, 4) is 0 Å². The van der Waals surface area contributed by atoms with E-state index in [1.807, 2.05) is 22.4 Å². The van der Waals surface area contributed by atoms with Crippen LogP contribution in [0.2, 0.25) is 0 Å². The molecule has 1 rings (SSSR count). The molecule has 0 N–H and O–H groups in total. The van der Waals surface area contributed by atoms with Crippen molar-refractivity contribution >= 4 is 31.8 Å². The number of hydrogen-bond donors (Lipinski definition) is 0. The van der Waals surface area contributed by atoms with E-state index in [9.17, 15) is 0 Å². The van der Waals surface area contributed by atoms with Gasteiger partial charge in [0.1, 0.15) is 0 Å². The van der Waals surface area contributed by atoms with Crippen molar-refractivity contribution in [2.75, 3.05) is 0 Å². The van der Waals surface area contributed by atoms with Crippen molar-refractivity contribution < 1.29 is 13.4 Å². The Balaban J connectivity index is 3.10. The van der Waals surface area contributed by atoms with Crippen LogP contribution in [0.1, 0.15) is 19.4 Å². The first-order valence-electron chi connectivity index (χ1n) is 4.21. The van der Waals surface area contributed by atoms with Gasteiger partial charge < -0.3 is 0 Å². The van der Waals surface area contributed by atoms with Crippen molar-refractivity contribution in [1.82, 2.24) is 0 Å². The molecule has 0 bridgehead atoms. The molecule has 4 heteroatoms. The molecule has 0 spiro atoms. The molecular formula is C10H12Cl3Ta. The average Bonchev–Trinajstić information content (AvgIpc) is 2.01. The maximum atomic E-state index is 5.96. The van der Waals surface area contributed by atoms with Crippen LogP contribution in [0.3, 0.4) is 0 Å². The molecule has 1 aromatic rings. The van der Waals surface area contributed by atoms with E-state index < -0.39 is 13.4 Å². The summed E-state index contributed by atoms with van der Waals surface area (Å²) in [4.78, 5) is 0. The van der Waals surface area contributed by atoms with Crippen LogP contribution in [0.4, 0.5) is 0 Å². The van der Waals surface area contributed by atoms with Crippen molar-refractivity contribution in [2.24, 2.45) is 0 Å². The maximum absolute atomic E-state index is 5.96. The van der Waals surface area contributed by atoms with E-state index in [-0.39, 0.29) is 5.41 Å². The zero-order valence-corrected chi connectivity index (χ0v) is 13.5. The van der Waals surface area contributed by atoms with E-state index in [0.29, 0.717) is 0 Å². The molecule has 0 fully saturated rings. The van der Waals surface area contributed by atoms with Gasteiger partial charge in [0.2, 0.25) is 0 Å². The number of hydrogen-bond acceptors (Lipinski definition) is 0. The summed E-state index contributed by atoms with van der Waals surface area (Å²) >= 11 is -3.43. The van der Waals surface area contributed by atoms with Crippen molar-refractivity contribution in [3.63, 3.8) is 0 Å². The molecule has 0 aliphatic carbocycles. The number of benzene rings is 1. The third-order valence-corrected chi connectivity index (χ3v) is 7.75. The summed E-state index contributed by atoms with van der Waals surface area (Å²) in [5.41, 5.74) is 1.04. The van der Waals surface area contributed by atoms with Gasteiger partial charge in [0.25, 0.3) is 0 Å². The molecule has 14 heavy (non-hydrogen) atoms. The summed E-state index contributed by atoms with van der Waals surface area (Å²) in [5.74, 6) is 0. The van der Waals surface area contributed by atoms with Crippen LogP contribution >= 0.6 is 27.6 Å². The van der Waals surface area contributed by atoms with Crippen LogP contribution in [0.15, 0.2) is 30.3 Å². The minimum atomic E-state index is -3.43. The van der Waals surface area contributed by atoms with Gasteiger partial charge in [-0.3, -0.25) is 0 Å². The fraction of sp³-hybridized carbons (Fsp3) is 0.300. The molecule has 0 aliphatic rings. The van der Waals surface area contributed by atoms with E-state index >= 15 is 0 Å². The Labute approximate surface area is 99.7 Å². The first kappa shape index (κ1) is 12.8. The second-order valence-corrected chi connectivity index (χ2v) is 25.5. The van der Waals surface area contributed by atoms with Crippen LogP contribution in [-0.4, -0.2) is 4.23 Å². The van der Waals surface area contributed by atoms with Gasteiger partial charge in [0.15, 0.2) is 0 Å². The third kappa shape index (κ3) is 4.06. The molecule has 0 heterocycles. The zero-order chi connectivity index (χ0) is 10.8. The Morgan fingerprint density at radius 2 is 1.57 bits per heavy atom. The average molecular weight is 420 g/mol. The van der Waals surface area contributed by atoms with Crippen LogP contribution < -0.4 is 0 Å². The van der Waals surface area contributed by atoms with E-state index in [2.05, 4.69) is 26.0 Å². The molecule has 1 aromatic carbocycles. The second-order valence-electron chi connectivity index (χ2n) is 3.70.